The summed E-state index contributed by atoms with van der Waals surface area (Å²) < 4.78 is 5.27. The molecule has 0 spiro atoms. The maximum absolute atomic E-state index is 13.6. The van der Waals surface area contributed by atoms with Gasteiger partial charge in [-0.15, -0.1) is 0 Å². The number of para-hydroxylation sites is 2. The lowest BCUT2D eigenvalue weighted by Gasteiger charge is -2.30. The van der Waals surface area contributed by atoms with Gasteiger partial charge in [0.25, 0.3) is 5.69 Å². The number of nitro benzene ring substituents is 1. The van der Waals surface area contributed by atoms with E-state index in [1.54, 1.807) is 26.2 Å². The number of ketones is 1. The molecule has 0 saturated carbocycles. The molecule has 1 heterocycles. The quantitative estimate of drug-likeness (QED) is 0.376. The van der Waals surface area contributed by atoms with Crippen molar-refractivity contribution in [3.63, 3.8) is 0 Å². The second-order valence-corrected chi connectivity index (χ2v) is 8.74. The first-order chi connectivity index (χ1) is 16.4. The van der Waals surface area contributed by atoms with Crippen molar-refractivity contribution in [1.82, 2.24) is 0 Å². The second-order valence-electron chi connectivity index (χ2n) is 8.74. The van der Waals surface area contributed by atoms with Crippen molar-refractivity contribution >= 4 is 22.8 Å². The number of Topliss-reactive ketones (excluding diaryl/α,β-unsaturated/α-hetero) is 1. The lowest BCUT2D eigenvalue weighted by atomic mass is 9.78. The van der Waals surface area contributed by atoms with Crippen LogP contribution in [-0.2, 0) is 4.79 Å². The van der Waals surface area contributed by atoms with E-state index in [0.717, 1.165) is 28.4 Å². The highest BCUT2D eigenvalue weighted by atomic mass is 16.6. The molecule has 0 radical (unpaired) electrons. The molecule has 0 fully saturated rings. The molecule has 7 heteroatoms. The highest BCUT2D eigenvalue weighted by molar-refractivity contribution is 6.01. The Kier molecular flexibility index (Phi) is 5.53. The van der Waals surface area contributed by atoms with E-state index < -0.39 is 6.04 Å². The Labute approximate surface area is 197 Å². The van der Waals surface area contributed by atoms with Gasteiger partial charge in [0, 0.05) is 29.3 Å². The molecule has 2 aliphatic rings. The number of rotatable bonds is 4. The van der Waals surface area contributed by atoms with Crippen molar-refractivity contribution < 1.29 is 14.5 Å². The fourth-order valence-electron chi connectivity index (χ4n) is 4.86. The van der Waals surface area contributed by atoms with E-state index in [1.165, 1.54) is 0 Å². The minimum atomic E-state index is -0.491. The van der Waals surface area contributed by atoms with E-state index in [9.17, 15) is 14.9 Å². The first-order valence-electron chi connectivity index (χ1n) is 11.2. The SMILES string of the molecule is COc1ccc(C2CC(=O)C3=C(C2)Nc2ccccc2NC3c2ccc(C)c([N+](=O)[O-])c2)cc1. The van der Waals surface area contributed by atoms with Crippen molar-refractivity contribution in [3.8, 4) is 5.75 Å². The van der Waals surface area contributed by atoms with Gasteiger partial charge in [-0.3, -0.25) is 14.9 Å². The van der Waals surface area contributed by atoms with Crippen LogP contribution in [-0.4, -0.2) is 17.8 Å². The number of hydrogen-bond acceptors (Lipinski definition) is 6. The molecule has 0 saturated heterocycles. The van der Waals surface area contributed by atoms with Gasteiger partial charge in [-0.1, -0.05) is 36.4 Å². The molecule has 7 nitrogen and oxygen atoms in total. The van der Waals surface area contributed by atoms with Crippen LogP contribution in [0, 0.1) is 17.0 Å². The maximum Gasteiger partial charge on any atom is 0.272 e. The number of aryl methyl sites for hydroxylation is 1. The largest absolute Gasteiger partial charge is 0.497 e. The highest BCUT2D eigenvalue weighted by Crippen LogP contribution is 2.44. The summed E-state index contributed by atoms with van der Waals surface area (Å²) in [5.41, 5.74) is 5.62. The monoisotopic (exact) mass is 455 g/mol. The number of nitrogens with zero attached hydrogens (tertiary/aromatic N) is 1. The predicted octanol–water partition coefficient (Wildman–Crippen LogP) is 5.89. The fraction of sp³-hybridized carbons (Fsp3) is 0.222. The topological polar surface area (TPSA) is 93.5 Å². The summed E-state index contributed by atoms with van der Waals surface area (Å²) in [5, 5.41) is 18.6. The molecule has 2 atom stereocenters. The zero-order chi connectivity index (χ0) is 23.8. The van der Waals surface area contributed by atoms with E-state index in [2.05, 4.69) is 10.6 Å². The number of methoxy groups -OCH3 is 1. The molecule has 172 valence electrons. The molecule has 3 aromatic rings. The van der Waals surface area contributed by atoms with E-state index in [0.29, 0.717) is 29.5 Å². The van der Waals surface area contributed by atoms with Gasteiger partial charge in [0.2, 0.25) is 0 Å². The average Bonchev–Trinajstić information content (AvgIpc) is 3.01. The van der Waals surface area contributed by atoms with Crippen molar-refractivity contribution in [2.45, 2.75) is 31.7 Å². The van der Waals surface area contributed by atoms with Crippen LogP contribution < -0.4 is 15.4 Å². The van der Waals surface area contributed by atoms with Gasteiger partial charge in [0.1, 0.15) is 5.75 Å². The summed E-state index contributed by atoms with van der Waals surface area (Å²) >= 11 is 0. The summed E-state index contributed by atoms with van der Waals surface area (Å²) in [4.78, 5) is 24.8. The molecule has 0 bridgehead atoms. The molecule has 2 N–H and O–H groups in total. The minimum Gasteiger partial charge on any atom is -0.497 e. The number of ether oxygens (including phenoxy) is 1. The minimum absolute atomic E-state index is 0.0305. The van der Waals surface area contributed by atoms with Crippen LogP contribution >= 0.6 is 0 Å². The Morgan fingerprint density at radius 3 is 2.38 bits per heavy atom. The molecule has 34 heavy (non-hydrogen) atoms. The summed E-state index contributed by atoms with van der Waals surface area (Å²) in [6.45, 7) is 1.72. The van der Waals surface area contributed by atoms with Crippen LogP contribution in [0.1, 0.15) is 41.5 Å². The number of nitrogens with one attached hydrogen (secondary N) is 2. The first kappa shape index (κ1) is 21.7. The number of carbonyl (C=O) groups is 1. The normalized spacial score (nSPS) is 19.3. The molecule has 0 amide bonds. The van der Waals surface area contributed by atoms with E-state index >= 15 is 0 Å². The van der Waals surface area contributed by atoms with Crippen LogP contribution in [0.15, 0.2) is 78.0 Å². The second kappa shape index (κ2) is 8.67. The third kappa shape index (κ3) is 3.90. The number of anilines is 2. The molecule has 0 aromatic heterocycles. The summed E-state index contributed by atoms with van der Waals surface area (Å²) in [5.74, 6) is 0.837. The number of fused-ring (bicyclic) bond motifs is 1. The summed E-state index contributed by atoms with van der Waals surface area (Å²) in [7, 11) is 1.63. The lowest BCUT2D eigenvalue weighted by molar-refractivity contribution is -0.385. The number of hydrogen-bond donors (Lipinski definition) is 2. The lowest BCUT2D eigenvalue weighted by Crippen LogP contribution is -2.27. The first-order valence-corrected chi connectivity index (χ1v) is 11.2. The van der Waals surface area contributed by atoms with Gasteiger partial charge in [-0.25, -0.2) is 0 Å². The van der Waals surface area contributed by atoms with E-state index in [1.807, 2.05) is 54.6 Å². The van der Waals surface area contributed by atoms with Gasteiger partial charge in [0.05, 0.1) is 29.4 Å². The molecule has 3 aromatic carbocycles. The van der Waals surface area contributed by atoms with Gasteiger partial charge in [-0.2, -0.15) is 0 Å². The number of nitro groups is 1. The molecular formula is C27H25N3O4. The van der Waals surface area contributed by atoms with Gasteiger partial charge in [-0.05, 0) is 54.7 Å². The van der Waals surface area contributed by atoms with Crippen molar-refractivity contribution in [3.05, 3.63) is 105 Å². The van der Waals surface area contributed by atoms with Gasteiger partial charge in [0.15, 0.2) is 5.78 Å². The zero-order valence-electron chi connectivity index (χ0n) is 19.0. The molecule has 1 aliphatic carbocycles. The van der Waals surface area contributed by atoms with Crippen molar-refractivity contribution in [2.24, 2.45) is 0 Å². The molecule has 5 rings (SSSR count). The van der Waals surface area contributed by atoms with Crippen LogP contribution in [0.4, 0.5) is 17.1 Å². The number of benzene rings is 3. The average molecular weight is 456 g/mol. The standard InChI is InChI=1S/C27H25N3O4/c1-16-7-8-18(14-24(16)30(32)33)27-26-23(28-21-5-3-4-6-22(21)29-27)13-19(15-25(26)31)17-9-11-20(34-2)12-10-17/h3-12,14,19,27-29H,13,15H2,1-2H3. The molecular weight excluding hydrogens is 430 g/mol. The van der Waals surface area contributed by atoms with Crippen LogP contribution in [0.25, 0.3) is 0 Å². The number of carbonyl (C=O) groups excluding carboxylic acids is 1. The molecule has 2 unspecified atom stereocenters. The number of allylic oxidation sites excluding steroid dienone is 1. The highest BCUT2D eigenvalue weighted by Gasteiger charge is 2.36. The van der Waals surface area contributed by atoms with Crippen molar-refractivity contribution in [2.75, 3.05) is 17.7 Å². The molecule has 1 aliphatic heterocycles. The summed E-state index contributed by atoms with van der Waals surface area (Å²) in [6.07, 6.45) is 1.03. The maximum atomic E-state index is 13.6. The zero-order valence-corrected chi connectivity index (χ0v) is 19.0. The predicted molar refractivity (Wildman–Crippen MR) is 131 cm³/mol. The Hall–Kier alpha value is -4.13. The third-order valence-corrected chi connectivity index (χ3v) is 6.66. The van der Waals surface area contributed by atoms with Crippen LogP contribution in [0.3, 0.4) is 0 Å². The smallest absolute Gasteiger partial charge is 0.272 e. The van der Waals surface area contributed by atoms with E-state index in [4.69, 9.17) is 4.74 Å². The van der Waals surface area contributed by atoms with Crippen LogP contribution in [0.2, 0.25) is 0 Å². The fourth-order valence-corrected chi connectivity index (χ4v) is 4.86. The Morgan fingerprint density at radius 2 is 1.68 bits per heavy atom. The Morgan fingerprint density at radius 1 is 0.971 bits per heavy atom. The third-order valence-electron chi connectivity index (χ3n) is 6.66. The van der Waals surface area contributed by atoms with E-state index in [-0.39, 0.29) is 22.3 Å². The van der Waals surface area contributed by atoms with Gasteiger partial charge >= 0.3 is 0 Å². The Balaban J connectivity index is 1.60. The van der Waals surface area contributed by atoms with Crippen molar-refractivity contribution in [1.29, 1.82) is 0 Å². The van der Waals surface area contributed by atoms with Crippen LogP contribution in [0.5, 0.6) is 5.75 Å². The summed E-state index contributed by atoms with van der Waals surface area (Å²) in [6, 6.07) is 20.3. The van der Waals surface area contributed by atoms with Gasteiger partial charge < -0.3 is 15.4 Å². The Bertz CT molecular complexity index is 1310.